The largest absolute Gasteiger partial charge is 0.464 e. The molecule has 1 saturated heterocycles. The second-order valence-corrected chi connectivity index (χ2v) is 5.24. The lowest BCUT2D eigenvalue weighted by atomic mass is 10.1. The summed E-state index contributed by atoms with van der Waals surface area (Å²) in [7, 11) is 2.99. The van der Waals surface area contributed by atoms with E-state index >= 15 is 0 Å². The molecule has 0 unspecified atom stereocenters. The fourth-order valence-electron chi connectivity index (χ4n) is 2.63. The molecular weight excluding hydrogens is 272 g/mol. The van der Waals surface area contributed by atoms with Gasteiger partial charge >= 0.3 is 5.97 Å². The fraction of sp³-hybridized carbons (Fsp3) is 0.786. The van der Waals surface area contributed by atoms with Crippen molar-refractivity contribution < 1.29 is 14.3 Å². The molecule has 0 saturated carbocycles. The highest BCUT2D eigenvalue weighted by atomic mass is 16.5. The van der Waals surface area contributed by atoms with Crippen LogP contribution in [0.3, 0.4) is 0 Å². The van der Waals surface area contributed by atoms with Crippen LogP contribution in [0.4, 0.5) is 0 Å². The Morgan fingerprint density at radius 3 is 2.62 bits per heavy atom. The van der Waals surface area contributed by atoms with Gasteiger partial charge < -0.3 is 14.4 Å². The van der Waals surface area contributed by atoms with Gasteiger partial charge in [-0.3, -0.25) is 0 Å². The lowest BCUT2D eigenvalue weighted by Gasteiger charge is -2.26. The monoisotopic (exact) mass is 296 g/mol. The van der Waals surface area contributed by atoms with E-state index in [1.54, 1.807) is 11.8 Å². The van der Waals surface area contributed by atoms with E-state index in [1.165, 1.54) is 26.4 Å². The number of hydrogen-bond donors (Lipinski definition) is 0. The molecule has 0 spiro atoms. The fourth-order valence-corrected chi connectivity index (χ4v) is 2.63. The van der Waals surface area contributed by atoms with Gasteiger partial charge in [0, 0.05) is 20.1 Å². The summed E-state index contributed by atoms with van der Waals surface area (Å²) in [5, 5.41) is 8.07. The van der Waals surface area contributed by atoms with Crippen molar-refractivity contribution in [3.63, 3.8) is 0 Å². The molecule has 0 amide bonds. The lowest BCUT2D eigenvalue weighted by Crippen LogP contribution is -2.33. The standard InChI is InChI=1S/C14H24N4O3/c1-20-11-6-12-13(14(19)21-2)15-16-18(12)10-9-17-7-4-3-5-8-17/h3-11H2,1-2H3. The van der Waals surface area contributed by atoms with Gasteiger partial charge in [0.2, 0.25) is 0 Å². The molecule has 118 valence electrons. The number of aromatic nitrogens is 3. The Balaban J connectivity index is 2.02. The summed E-state index contributed by atoms with van der Waals surface area (Å²) in [6, 6.07) is 0. The normalized spacial score (nSPS) is 16.1. The highest BCUT2D eigenvalue weighted by molar-refractivity contribution is 5.88. The third-order valence-corrected chi connectivity index (χ3v) is 3.84. The average Bonchev–Trinajstić information content (AvgIpc) is 2.94. The van der Waals surface area contributed by atoms with E-state index in [4.69, 9.17) is 9.47 Å². The first-order valence-electron chi connectivity index (χ1n) is 7.48. The molecule has 1 fully saturated rings. The van der Waals surface area contributed by atoms with Crippen LogP contribution in [0, 0.1) is 0 Å². The molecule has 0 radical (unpaired) electrons. The number of carbonyl (C=O) groups is 1. The number of carbonyl (C=O) groups excluding carboxylic acids is 1. The van der Waals surface area contributed by atoms with E-state index in [2.05, 4.69) is 15.2 Å². The van der Waals surface area contributed by atoms with Crippen molar-refractivity contribution in [3.05, 3.63) is 11.4 Å². The third kappa shape index (κ3) is 4.25. The highest BCUT2D eigenvalue weighted by Gasteiger charge is 2.20. The van der Waals surface area contributed by atoms with Crippen LogP contribution in [0.1, 0.15) is 35.4 Å². The van der Waals surface area contributed by atoms with Gasteiger partial charge in [-0.05, 0) is 25.9 Å². The van der Waals surface area contributed by atoms with Crippen molar-refractivity contribution in [2.75, 3.05) is 40.5 Å². The molecule has 1 aromatic heterocycles. The van der Waals surface area contributed by atoms with E-state index in [9.17, 15) is 4.79 Å². The summed E-state index contributed by atoms with van der Waals surface area (Å²) < 4.78 is 11.7. The molecule has 21 heavy (non-hydrogen) atoms. The Hall–Kier alpha value is -1.47. The van der Waals surface area contributed by atoms with Crippen molar-refractivity contribution in [1.29, 1.82) is 0 Å². The van der Waals surface area contributed by atoms with Crippen molar-refractivity contribution in [1.82, 2.24) is 19.9 Å². The zero-order valence-electron chi connectivity index (χ0n) is 12.9. The smallest absolute Gasteiger partial charge is 0.360 e. The van der Waals surface area contributed by atoms with Crippen LogP contribution in [0.15, 0.2) is 0 Å². The molecule has 7 nitrogen and oxygen atoms in total. The molecule has 2 heterocycles. The van der Waals surface area contributed by atoms with E-state index in [0.29, 0.717) is 18.7 Å². The predicted octanol–water partition coefficient (Wildman–Crippen LogP) is 0.739. The summed E-state index contributed by atoms with van der Waals surface area (Å²) in [5.74, 6) is -0.440. The van der Waals surface area contributed by atoms with Crippen molar-refractivity contribution in [2.24, 2.45) is 0 Å². The minimum absolute atomic E-state index is 0.299. The van der Waals surface area contributed by atoms with Gasteiger partial charge in [-0.2, -0.15) is 0 Å². The zero-order chi connectivity index (χ0) is 15.1. The van der Waals surface area contributed by atoms with Gasteiger partial charge in [0.15, 0.2) is 5.69 Å². The van der Waals surface area contributed by atoms with Crippen LogP contribution < -0.4 is 0 Å². The summed E-state index contributed by atoms with van der Waals surface area (Å²) in [4.78, 5) is 14.2. The molecule has 0 aromatic carbocycles. The van der Waals surface area contributed by atoms with Crippen molar-refractivity contribution in [2.45, 2.75) is 32.2 Å². The van der Waals surface area contributed by atoms with Crippen LogP contribution >= 0.6 is 0 Å². The van der Waals surface area contributed by atoms with Crippen LogP contribution in [-0.4, -0.2) is 66.3 Å². The average molecular weight is 296 g/mol. The van der Waals surface area contributed by atoms with Gasteiger partial charge in [-0.1, -0.05) is 11.6 Å². The minimum Gasteiger partial charge on any atom is -0.464 e. The zero-order valence-corrected chi connectivity index (χ0v) is 12.9. The number of rotatable bonds is 7. The van der Waals surface area contributed by atoms with Gasteiger partial charge in [0.25, 0.3) is 0 Å². The Bertz CT molecular complexity index is 455. The SMILES string of the molecule is COCCc1c(C(=O)OC)nnn1CCN1CCCCC1. The maximum atomic E-state index is 11.7. The van der Waals surface area contributed by atoms with Crippen LogP contribution in [-0.2, 0) is 22.4 Å². The Labute approximate surface area is 125 Å². The molecule has 0 bridgehead atoms. The molecule has 7 heteroatoms. The number of methoxy groups -OCH3 is 2. The molecule has 1 aliphatic rings. The Morgan fingerprint density at radius 2 is 1.95 bits per heavy atom. The maximum absolute atomic E-state index is 11.7. The lowest BCUT2D eigenvalue weighted by molar-refractivity contribution is 0.0592. The van der Waals surface area contributed by atoms with Crippen LogP contribution in [0.5, 0.6) is 0 Å². The topological polar surface area (TPSA) is 69.5 Å². The molecular formula is C14H24N4O3. The Morgan fingerprint density at radius 1 is 1.19 bits per heavy atom. The molecule has 0 atom stereocenters. The van der Waals surface area contributed by atoms with E-state index in [1.807, 2.05) is 0 Å². The van der Waals surface area contributed by atoms with E-state index in [0.717, 1.165) is 31.9 Å². The summed E-state index contributed by atoms with van der Waals surface area (Å²) in [6.45, 7) is 4.49. The second-order valence-electron chi connectivity index (χ2n) is 5.24. The molecule has 2 rings (SSSR count). The number of nitrogens with zero attached hydrogens (tertiary/aromatic N) is 4. The molecule has 0 aliphatic carbocycles. The van der Waals surface area contributed by atoms with Crippen molar-refractivity contribution >= 4 is 5.97 Å². The Kier molecular flexibility index (Phi) is 6.13. The first-order valence-corrected chi connectivity index (χ1v) is 7.48. The van der Waals surface area contributed by atoms with Gasteiger partial charge in [-0.25, -0.2) is 9.48 Å². The number of esters is 1. The van der Waals surface area contributed by atoms with Gasteiger partial charge in [0.1, 0.15) is 0 Å². The number of likely N-dealkylation sites (tertiary alicyclic amines) is 1. The first-order chi connectivity index (χ1) is 10.3. The molecule has 0 N–H and O–H groups in total. The van der Waals surface area contributed by atoms with Gasteiger partial charge in [0.05, 0.1) is 26.0 Å². The first kappa shape index (κ1) is 15.9. The van der Waals surface area contributed by atoms with Gasteiger partial charge in [-0.15, -0.1) is 5.10 Å². The summed E-state index contributed by atoms with van der Waals surface area (Å²) >= 11 is 0. The molecule has 1 aliphatic heterocycles. The van der Waals surface area contributed by atoms with Crippen LogP contribution in [0.2, 0.25) is 0 Å². The maximum Gasteiger partial charge on any atom is 0.360 e. The second kappa shape index (κ2) is 8.09. The van der Waals surface area contributed by atoms with Crippen molar-refractivity contribution in [3.8, 4) is 0 Å². The van der Waals surface area contributed by atoms with E-state index in [-0.39, 0.29) is 0 Å². The number of piperidine rings is 1. The third-order valence-electron chi connectivity index (χ3n) is 3.84. The summed E-state index contributed by atoms with van der Waals surface area (Å²) in [6.07, 6.45) is 4.46. The predicted molar refractivity (Wildman–Crippen MR) is 77.2 cm³/mol. The minimum atomic E-state index is -0.440. The number of hydrogen-bond acceptors (Lipinski definition) is 6. The summed E-state index contributed by atoms with van der Waals surface area (Å²) in [5.41, 5.74) is 1.09. The number of ether oxygens (including phenoxy) is 2. The van der Waals surface area contributed by atoms with Crippen LogP contribution in [0.25, 0.3) is 0 Å². The van der Waals surface area contributed by atoms with E-state index < -0.39 is 5.97 Å². The molecule has 1 aromatic rings. The highest BCUT2D eigenvalue weighted by Crippen LogP contribution is 2.11. The quantitative estimate of drug-likeness (QED) is 0.691.